The molecule has 2 atom stereocenters. The second-order valence-corrected chi connectivity index (χ2v) is 11.0. The molecule has 1 aliphatic rings. The average Bonchev–Trinajstić information content (AvgIpc) is 3.33. The van der Waals surface area contributed by atoms with Crippen LogP contribution >= 0.6 is 23.2 Å². The molecule has 0 bridgehead atoms. The highest BCUT2D eigenvalue weighted by Gasteiger charge is 2.30. The number of hydrogen-bond acceptors (Lipinski definition) is 9. The van der Waals surface area contributed by atoms with Crippen molar-refractivity contribution in [1.29, 1.82) is 0 Å². The van der Waals surface area contributed by atoms with Gasteiger partial charge >= 0.3 is 0 Å². The van der Waals surface area contributed by atoms with Crippen LogP contribution in [0.4, 0.5) is 11.6 Å². The van der Waals surface area contributed by atoms with Gasteiger partial charge in [-0.1, -0.05) is 50.6 Å². The number of halogens is 2. The molecule has 0 spiro atoms. The fraction of sp³-hybridized carbons (Fsp3) is 0.407. The molecule has 3 aromatic rings. The van der Waals surface area contributed by atoms with Crippen LogP contribution in [0.15, 0.2) is 31.0 Å². The maximum Gasteiger partial charge on any atom is 0.243 e. The first-order valence-electron chi connectivity index (χ1n) is 12.3. The number of carbonyl (C=O) groups is 1. The summed E-state index contributed by atoms with van der Waals surface area (Å²) in [5, 5.41) is 11.0. The number of carbonyl (C=O) groups excluding carboxylic acids is 1. The zero-order valence-electron chi connectivity index (χ0n) is 22.5. The first kappa shape index (κ1) is 28.7. The zero-order valence-corrected chi connectivity index (χ0v) is 24.0. The van der Waals surface area contributed by atoms with Crippen molar-refractivity contribution >= 4 is 51.6 Å². The number of anilines is 2. The molecule has 1 fully saturated rings. The monoisotopic (exact) mass is 574 g/mol. The van der Waals surface area contributed by atoms with Gasteiger partial charge in [0.25, 0.3) is 0 Å². The quantitative estimate of drug-likeness (QED) is 0.304. The molecule has 0 unspecified atom stereocenters. The molecular formula is C27H32Cl2N6O4. The SMILES string of the molecule is C=CC(=O)N[C@H]1COC[C@H]1Nc1cc2c(NCC(C)(C)C)nc(-c3c(Cl)c(OC)cc(OC)c3Cl)nc2cn1. The molecule has 0 radical (unpaired) electrons. The van der Waals surface area contributed by atoms with E-state index < -0.39 is 0 Å². The van der Waals surface area contributed by atoms with Crippen molar-refractivity contribution in [3.8, 4) is 22.9 Å². The Morgan fingerprint density at radius 3 is 2.41 bits per heavy atom. The van der Waals surface area contributed by atoms with Gasteiger partial charge in [0.15, 0.2) is 5.82 Å². The molecule has 12 heteroatoms. The Kier molecular flexibility index (Phi) is 8.68. The Balaban J connectivity index is 1.78. The Morgan fingerprint density at radius 2 is 1.79 bits per heavy atom. The van der Waals surface area contributed by atoms with Gasteiger partial charge in [0.2, 0.25) is 5.91 Å². The topological polar surface area (TPSA) is 120 Å². The molecule has 2 aromatic heterocycles. The highest BCUT2D eigenvalue weighted by atomic mass is 35.5. The van der Waals surface area contributed by atoms with E-state index >= 15 is 0 Å². The van der Waals surface area contributed by atoms with Crippen molar-refractivity contribution in [3.05, 3.63) is 41.0 Å². The van der Waals surface area contributed by atoms with Crippen LogP contribution in [-0.2, 0) is 9.53 Å². The minimum absolute atomic E-state index is 0.0300. The van der Waals surface area contributed by atoms with Gasteiger partial charge in [-0.05, 0) is 17.6 Å². The summed E-state index contributed by atoms with van der Waals surface area (Å²) in [6.07, 6.45) is 2.89. The smallest absolute Gasteiger partial charge is 0.243 e. The van der Waals surface area contributed by atoms with E-state index in [1.165, 1.54) is 20.3 Å². The van der Waals surface area contributed by atoms with Crippen LogP contribution in [0.1, 0.15) is 20.8 Å². The maximum absolute atomic E-state index is 11.8. The van der Waals surface area contributed by atoms with Crippen molar-refractivity contribution in [2.75, 3.05) is 44.6 Å². The number of nitrogens with zero attached hydrogens (tertiary/aromatic N) is 3. The lowest BCUT2D eigenvalue weighted by atomic mass is 9.97. The molecule has 4 rings (SSSR count). The van der Waals surface area contributed by atoms with Crippen LogP contribution in [-0.4, -0.2) is 66.9 Å². The van der Waals surface area contributed by atoms with Gasteiger partial charge in [0.1, 0.15) is 23.1 Å². The van der Waals surface area contributed by atoms with Gasteiger partial charge in [-0.25, -0.2) is 15.0 Å². The van der Waals surface area contributed by atoms with E-state index in [4.69, 9.17) is 47.4 Å². The number of methoxy groups -OCH3 is 2. The van der Waals surface area contributed by atoms with E-state index in [1.54, 1.807) is 12.3 Å². The van der Waals surface area contributed by atoms with Crippen molar-refractivity contribution < 1.29 is 19.0 Å². The van der Waals surface area contributed by atoms with Crippen LogP contribution in [0.25, 0.3) is 22.3 Å². The van der Waals surface area contributed by atoms with Crippen molar-refractivity contribution in [3.63, 3.8) is 0 Å². The number of pyridine rings is 1. The summed E-state index contributed by atoms with van der Waals surface area (Å²) in [4.78, 5) is 26.0. The summed E-state index contributed by atoms with van der Waals surface area (Å²) >= 11 is 13.3. The molecule has 1 aromatic carbocycles. The van der Waals surface area contributed by atoms with Crippen LogP contribution < -0.4 is 25.4 Å². The fourth-order valence-electron chi connectivity index (χ4n) is 4.06. The Hall–Kier alpha value is -3.34. The Bertz CT molecular complexity index is 1370. The molecule has 208 valence electrons. The molecule has 0 saturated carbocycles. The highest BCUT2D eigenvalue weighted by Crippen LogP contribution is 2.45. The lowest BCUT2D eigenvalue weighted by molar-refractivity contribution is -0.117. The molecule has 3 heterocycles. The van der Waals surface area contributed by atoms with Gasteiger partial charge < -0.3 is 30.2 Å². The fourth-order valence-corrected chi connectivity index (χ4v) is 4.73. The minimum atomic E-state index is -0.259. The third-order valence-corrected chi connectivity index (χ3v) is 6.84. The van der Waals surface area contributed by atoms with Crippen molar-refractivity contribution in [2.45, 2.75) is 32.9 Å². The average molecular weight is 575 g/mol. The summed E-state index contributed by atoms with van der Waals surface area (Å²) in [7, 11) is 3.02. The third-order valence-electron chi connectivity index (χ3n) is 6.09. The van der Waals surface area contributed by atoms with Gasteiger partial charge in [0, 0.05) is 18.0 Å². The van der Waals surface area contributed by atoms with Crippen LogP contribution in [0, 0.1) is 5.41 Å². The van der Waals surface area contributed by atoms with Crippen molar-refractivity contribution in [2.24, 2.45) is 5.41 Å². The standard InChI is InChI=1S/C27H32Cl2N6O4/c1-7-21(36)33-17-12-39-11-16(17)32-20-8-14-15(10-30-20)34-26(35-25(14)31-13-27(2,3)4)22-23(28)18(37-5)9-19(38-6)24(22)29/h7-10,16-17H,1,11-13H2,2-6H3,(H,30,32)(H,33,36)(H,31,34,35)/t16-,17+/m1/s1. The van der Waals surface area contributed by atoms with Gasteiger partial charge in [-0.3, -0.25) is 4.79 Å². The molecule has 1 aliphatic heterocycles. The molecule has 3 N–H and O–H groups in total. The Morgan fingerprint density at radius 1 is 1.13 bits per heavy atom. The molecule has 10 nitrogen and oxygen atoms in total. The number of fused-ring (bicyclic) bond motifs is 1. The zero-order chi connectivity index (χ0) is 28.3. The predicted molar refractivity (Wildman–Crippen MR) is 154 cm³/mol. The molecular weight excluding hydrogens is 543 g/mol. The van der Waals surface area contributed by atoms with E-state index in [1.807, 2.05) is 6.07 Å². The first-order chi connectivity index (χ1) is 18.5. The Labute approximate surface area is 237 Å². The summed E-state index contributed by atoms with van der Waals surface area (Å²) in [6.45, 7) is 11.3. The van der Waals surface area contributed by atoms with Gasteiger partial charge in [-0.2, -0.15) is 0 Å². The first-order valence-corrected chi connectivity index (χ1v) is 13.1. The maximum atomic E-state index is 11.8. The van der Waals surface area contributed by atoms with Crippen molar-refractivity contribution in [1.82, 2.24) is 20.3 Å². The van der Waals surface area contributed by atoms with Gasteiger partial charge in [-0.15, -0.1) is 0 Å². The lowest BCUT2D eigenvalue weighted by Gasteiger charge is -2.22. The molecule has 1 saturated heterocycles. The molecule has 0 aliphatic carbocycles. The summed E-state index contributed by atoms with van der Waals surface area (Å²) < 4.78 is 16.4. The largest absolute Gasteiger partial charge is 0.495 e. The highest BCUT2D eigenvalue weighted by molar-refractivity contribution is 6.41. The third kappa shape index (κ3) is 6.46. The van der Waals surface area contributed by atoms with Crippen LogP contribution in [0.5, 0.6) is 11.5 Å². The predicted octanol–water partition coefficient (Wildman–Crippen LogP) is 4.96. The number of ether oxygens (including phenoxy) is 3. The number of amides is 1. The number of rotatable bonds is 9. The number of hydrogen-bond donors (Lipinski definition) is 3. The summed E-state index contributed by atoms with van der Waals surface area (Å²) in [5.41, 5.74) is 0.939. The molecule has 39 heavy (non-hydrogen) atoms. The molecule has 1 amide bonds. The van der Waals surface area contributed by atoms with Gasteiger partial charge in [0.05, 0.1) is 66.8 Å². The van der Waals surface area contributed by atoms with E-state index in [2.05, 4.69) is 48.3 Å². The van der Waals surface area contributed by atoms with E-state index in [9.17, 15) is 4.79 Å². The van der Waals surface area contributed by atoms with Crippen LogP contribution in [0.3, 0.4) is 0 Å². The second-order valence-electron chi connectivity index (χ2n) is 10.3. The minimum Gasteiger partial charge on any atom is -0.495 e. The van der Waals surface area contributed by atoms with E-state index in [0.29, 0.717) is 59.8 Å². The number of aromatic nitrogens is 3. The van der Waals surface area contributed by atoms with E-state index in [-0.39, 0.29) is 33.5 Å². The van der Waals surface area contributed by atoms with E-state index in [0.717, 1.165) is 5.39 Å². The summed E-state index contributed by atoms with van der Waals surface area (Å²) in [6, 6.07) is 3.08. The van der Waals surface area contributed by atoms with Crippen LogP contribution in [0.2, 0.25) is 10.0 Å². The second kappa shape index (κ2) is 11.8. The summed E-state index contributed by atoms with van der Waals surface area (Å²) in [5.74, 6) is 1.98. The normalized spacial score (nSPS) is 17.1. The number of benzene rings is 1. The number of nitrogens with one attached hydrogen (secondary N) is 3. The lowest BCUT2D eigenvalue weighted by Crippen LogP contribution is -2.45.